The Bertz CT molecular complexity index is 1130. The van der Waals surface area contributed by atoms with Crippen molar-refractivity contribution in [2.45, 2.75) is 12.1 Å². The number of nitrogens with zero attached hydrogens (tertiary/aromatic N) is 1. The molecule has 0 unspecified atom stereocenters. The van der Waals surface area contributed by atoms with E-state index < -0.39 is 17.5 Å². The van der Waals surface area contributed by atoms with Crippen LogP contribution in [0.15, 0.2) is 42.6 Å². The molecule has 1 aliphatic heterocycles. The number of ether oxygens (including phenoxy) is 1. The molecule has 1 aromatic heterocycles. The topological polar surface area (TPSA) is 113 Å². The van der Waals surface area contributed by atoms with E-state index in [4.69, 9.17) is 16.3 Å². The Labute approximate surface area is 164 Å². The number of phenols is 1. The Hall–Kier alpha value is -3.39. The predicted molar refractivity (Wildman–Crippen MR) is 102 cm³/mol. The Morgan fingerprint density at radius 2 is 1.96 bits per heavy atom. The first-order chi connectivity index (χ1) is 13.3. The van der Waals surface area contributed by atoms with Gasteiger partial charge >= 0.3 is 6.03 Å². The van der Waals surface area contributed by atoms with Crippen LogP contribution in [0.25, 0.3) is 10.8 Å². The fourth-order valence-electron chi connectivity index (χ4n) is 3.40. The van der Waals surface area contributed by atoms with E-state index in [1.165, 1.54) is 29.9 Å². The number of aromatic hydroxyl groups is 2. The van der Waals surface area contributed by atoms with Crippen molar-refractivity contribution < 1.29 is 24.5 Å². The number of imide groups is 1. The highest BCUT2D eigenvalue weighted by Crippen LogP contribution is 2.36. The number of carbonyl (C=O) groups is 2. The molecular weight excluding hydrogens is 386 g/mol. The van der Waals surface area contributed by atoms with Crippen molar-refractivity contribution in [2.24, 2.45) is 0 Å². The molecule has 3 aromatic rings. The number of aromatic nitrogens is 1. The molecule has 0 saturated carbocycles. The number of hydrogen-bond donors (Lipinski definition) is 4. The molecule has 4 rings (SSSR count). The van der Waals surface area contributed by atoms with Crippen LogP contribution in [0, 0.1) is 0 Å². The van der Waals surface area contributed by atoms with E-state index in [1.807, 2.05) is 0 Å². The lowest BCUT2D eigenvalue weighted by molar-refractivity contribution is -0.124. The molecule has 9 heteroatoms. The van der Waals surface area contributed by atoms with Crippen LogP contribution in [0.1, 0.15) is 5.56 Å². The molecule has 1 fully saturated rings. The van der Waals surface area contributed by atoms with E-state index in [1.54, 1.807) is 24.4 Å². The highest BCUT2D eigenvalue weighted by Gasteiger charge is 2.48. The molecule has 1 saturated heterocycles. The minimum atomic E-state index is -1.51. The smallest absolute Gasteiger partial charge is 0.322 e. The number of halogens is 1. The van der Waals surface area contributed by atoms with Gasteiger partial charge in [-0.05, 0) is 35.9 Å². The number of rotatable bonds is 4. The zero-order valence-corrected chi connectivity index (χ0v) is 15.4. The predicted octanol–water partition coefficient (Wildman–Crippen LogP) is 2.45. The maximum absolute atomic E-state index is 12.7. The SMILES string of the molecule is COc1ccc2cn(C[C@@]3(c4ccc(O)c(Cl)c4)NC(=O)NC3=O)c(O)c2c1. The molecule has 4 N–H and O–H groups in total. The van der Waals surface area contributed by atoms with Crippen molar-refractivity contribution in [3.63, 3.8) is 0 Å². The first-order valence-corrected chi connectivity index (χ1v) is 8.70. The molecule has 28 heavy (non-hydrogen) atoms. The third kappa shape index (κ3) is 2.69. The summed E-state index contributed by atoms with van der Waals surface area (Å²) < 4.78 is 6.65. The fraction of sp³-hybridized carbons (Fsp3) is 0.158. The highest BCUT2D eigenvalue weighted by molar-refractivity contribution is 6.32. The summed E-state index contributed by atoms with van der Waals surface area (Å²) in [6.45, 7) is -0.0888. The monoisotopic (exact) mass is 401 g/mol. The zero-order chi connectivity index (χ0) is 20.1. The first kappa shape index (κ1) is 18.0. The van der Waals surface area contributed by atoms with E-state index in [0.29, 0.717) is 16.7 Å². The summed E-state index contributed by atoms with van der Waals surface area (Å²) in [5, 5.41) is 26.5. The quantitative estimate of drug-likeness (QED) is 0.501. The largest absolute Gasteiger partial charge is 0.506 e. The normalized spacial score (nSPS) is 18.9. The van der Waals surface area contributed by atoms with Gasteiger partial charge in [-0.1, -0.05) is 17.7 Å². The van der Waals surface area contributed by atoms with Gasteiger partial charge in [-0.3, -0.25) is 10.1 Å². The number of nitrogens with one attached hydrogen (secondary N) is 2. The number of phenolic OH excluding ortho intramolecular Hbond substituents is 1. The molecule has 0 radical (unpaired) electrons. The van der Waals surface area contributed by atoms with Crippen molar-refractivity contribution in [2.75, 3.05) is 7.11 Å². The minimum absolute atomic E-state index is 0.0393. The summed E-state index contributed by atoms with van der Waals surface area (Å²) in [6, 6.07) is 8.80. The molecule has 144 valence electrons. The van der Waals surface area contributed by atoms with Gasteiger partial charge in [0.2, 0.25) is 0 Å². The van der Waals surface area contributed by atoms with Gasteiger partial charge in [0.05, 0.1) is 18.7 Å². The Kier molecular flexibility index (Phi) is 4.08. The van der Waals surface area contributed by atoms with Crippen LogP contribution in [-0.4, -0.2) is 33.8 Å². The third-order valence-corrected chi connectivity index (χ3v) is 5.16. The molecule has 0 bridgehead atoms. The number of urea groups is 1. The minimum Gasteiger partial charge on any atom is -0.506 e. The molecule has 1 atom stereocenters. The van der Waals surface area contributed by atoms with Crippen LogP contribution in [0.5, 0.6) is 17.4 Å². The molecule has 8 nitrogen and oxygen atoms in total. The van der Waals surface area contributed by atoms with Crippen molar-refractivity contribution in [1.29, 1.82) is 0 Å². The molecule has 0 aliphatic carbocycles. The highest BCUT2D eigenvalue weighted by atomic mass is 35.5. The standard InChI is InChI=1S/C19H16ClN3O5/c1-28-12-4-2-10-8-23(16(25)13(10)7-12)9-19(17(26)21-18(27)22-19)11-3-5-15(24)14(20)6-11/h2-8,24-25H,9H2,1H3,(H2,21,22,26,27)/t19-/m0/s1. The van der Waals surface area contributed by atoms with E-state index in [0.717, 1.165) is 5.39 Å². The van der Waals surface area contributed by atoms with Crippen LogP contribution in [0.4, 0.5) is 4.79 Å². The van der Waals surface area contributed by atoms with E-state index >= 15 is 0 Å². The van der Waals surface area contributed by atoms with Crippen molar-refractivity contribution in [3.05, 3.63) is 53.2 Å². The number of methoxy groups -OCH3 is 1. The lowest BCUT2D eigenvalue weighted by Crippen LogP contribution is -2.47. The number of amides is 3. The van der Waals surface area contributed by atoms with Crippen LogP contribution >= 0.6 is 11.6 Å². The number of fused-ring (bicyclic) bond motifs is 1. The van der Waals surface area contributed by atoms with Gasteiger partial charge in [-0.15, -0.1) is 0 Å². The molecular formula is C19H16ClN3O5. The molecule has 1 aliphatic rings. The van der Waals surface area contributed by atoms with Crippen LogP contribution in [0.3, 0.4) is 0 Å². The van der Waals surface area contributed by atoms with Crippen LogP contribution < -0.4 is 15.4 Å². The molecule has 2 aromatic carbocycles. The maximum atomic E-state index is 12.7. The van der Waals surface area contributed by atoms with Crippen molar-refractivity contribution >= 4 is 34.3 Å². The second-order valence-corrected chi connectivity index (χ2v) is 6.92. The zero-order valence-electron chi connectivity index (χ0n) is 14.7. The Morgan fingerprint density at radius 3 is 2.61 bits per heavy atom. The summed E-state index contributed by atoms with van der Waals surface area (Å²) in [5.41, 5.74) is -1.14. The second kappa shape index (κ2) is 6.35. The van der Waals surface area contributed by atoms with Crippen molar-refractivity contribution in [3.8, 4) is 17.4 Å². The summed E-state index contributed by atoms with van der Waals surface area (Å²) in [5.74, 6) is -0.236. The fourth-order valence-corrected chi connectivity index (χ4v) is 3.58. The molecule has 0 spiro atoms. The van der Waals surface area contributed by atoms with Crippen LogP contribution in [-0.2, 0) is 16.9 Å². The van der Waals surface area contributed by atoms with Gasteiger partial charge in [0.15, 0.2) is 11.4 Å². The first-order valence-electron chi connectivity index (χ1n) is 8.32. The number of hydrogen-bond acceptors (Lipinski definition) is 5. The summed E-state index contributed by atoms with van der Waals surface area (Å²) in [7, 11) is 1.52. The van der Waals surface area contributed by atoms with Gasteiger partial charge in [0.25, 0.3) is 5.91 Å². The summed E-state index contributed by atoms with van der Waals surface area (Å²) >= 11 is 6.01. The lowest BCUT2D eigenvalue weighted by atomic mass is 9.89. The van der Waals surface area contributed by atoms with Gasteiger partial charge in [0, 0.05) is 17.0 Å². The average Bonchev–Trinajstić information content (AvgIpc) is 3.13. The van der Waals surface area contributed by atoms with Gasteiger partial charge in [0.1, 0.15) is 11.5 Å². The van der Waals surface area contributed by atoms with E-state index in [-0.39, 0.29) is 23.2 Å². The Morgan fingerprint density at radius 1 is 1.18 bits per heavy atom. The summed E-state index contributed by atoms with van der Waals surface area (Å²) in [6.07, 6.45) is 1.67. The summed E-state index contributed by atoms with van der Waals surface area (Å²) in [4.78, 5) is 24.6. The third-order valence-electron chi connectivity index (χ3n) is 4.86. The number of carbonyl (C=O) groups excluding carboxylic acids is 2. The molecule has 2 heterocycles. The van der Waals surface area contributed by atoms with Gasteiger partial charge in [-0.2, -0.15) is 0 Å². The van der Waals surface area contributed by atoms with Gasteiger partial charge < -0.3 is 24.8 Å². The van der Waals surface area contributed by atoms with Crippen molar-refractivity contribution in [1.82, 2.24) is 15.2 Å². The van der Waals surface area contributed by atoms with Crippen LogP contribution in [0.2, 0.25) is 5.02 Å². The number of benzene rings is 2. The van der Waals surface area contributed by atoms with Gasteiger partial charge in [-0.25, -0.2) is 4.79 Å². The Balaban J connectivity index is 1.84. The second-order valence-electron chi connectivity index (χ2n) is 6.51. The maximum Gasteiger partial charge on any atom is 0.322 e. The lowest BCUT2D eigenvalue weighted by Gasteiger charge is -2.27. The van der Waals surface area contributed by atoms with E-state index in [2.05, 4.69) is 10.6 Å². The average molecular weight is 402 g/mol. The molecule has 3 amide bonds. The van der Waals surface area contributed by atoms with E-state index in [9.17, 15) is 19.8 Å².